The van der Waals surface area contributed by atoms with Gasteiger partial charge in [0.25, 0.3) is 0 Å². The molecule has 0 unspecified atom stereocenters. The van der Waals surface area contributed by atoms with E-state index in [9.17, 15) is 5.11 Å². The van der Waals surface area contributed by atoms with Gasteiger partial charge in [-0.2, -0.15) is 0 Å². The number of nitrogens with zero attached hydrogens (tertiary/aromatic N) is 1. The summed E-state index contributed by atoms with van der Waals surface area (Å²) in [5.41, 5.74) is 5.16. The summed E-state index contributed by atoms with van der Waals surface area (Å²) in [4.78, 5) is 2.60. The van der Waals surface area contributed by atoms with Gasteiger partial charge in [-0.05, 0) is 106 Å². The van der Waals surface area contributed by atoms with Crippen LogP contribution in [0.3, 0.4) is 0 Å². The molecule has 0 aromatic rings. The van der Waals surface area contributed by atoms with Gasteiger partial charge in [0.2, 0.25) is 0 Å². The predicted molar refractivity (Wildman–Crippen MR) is 127 cm³/mol. The number of likely N-dealkylation sites (tertiary alicyclic amines) is 1. The van der Waals surface area contributed by atoms with E-state index >= 15 is 0 Å². The van der Waals surface area contributed by atoms with Crippen LogP contribution >= 0.6 is 0 Å². The molecule has 2 heterocycles. The first-order valence-electron chi connectivity index (χ1n) is 13.2. The summed E-state index contributed by atoms with van der Waals surface area (Å²) in [7, 11) is 2.32. The maximum absolute atomic E-state index is 10.3. The Morgan fingerprint density at radius 3 is 2.77 bits per heavy atom. The minimum absolute atomic E-state index is 0.115. The standard InChI is InChI=1S/C28H45NO2/c1-17-12-26-27(29(5)15-17)18(2)6-8-22-23-9-7-20-13-21(30)10-11-28(20,4)25(23)14-24(22)19(3)16-31-26/h7,17-18,21-23,25-27,30H,6,8-16H2,1-5H3/b24-19-/t17-,18-,21-,22-,23-,25-,26+,27-,28-/m0/s1. The molecule has 3 fully saturated rings. The number of fused-ring (bicyclic) bond motifs is 6. The van der Waals surface area contributed by atoms with Crippen LogP contribution in [0.25, 0.3) is 0 Å². The van der Waals surface area contributed by atoms with Gasteiger partial charge in [0.1, 0.15) is 0 Å². The quantitative estimate of drug-likeness (QED) is 0.511. The molecule has 31 heavy (non-hydrogen) atoms. The average Bonchev–Trinajstić information content (AvgIpc) is 3.10. The topological polar surface area (TPSA) is 32.7 Å². The van der Waals surface area contributed by atoms with E-state index < -0.39 is 0 Å². The molecule has 3 aliphatic carbocycles. The zero-order valence-corrected chi connectivity index (χ0v) is 20.6. The van der Waals surface area contributed by atoms with Crippen molar-refractivity contribution in [3.05, 3.63) is 22.8 Å². The molecule has 2 aliphatic heterocycles. The monoisotopic (exact) mass is 427 g/mol. The number of aliphatic hydroxyl groups is 1. The van der Waals surface area contributed by atoms with Crippen LogP contribution in [-0.2, 0) is 4.74 Å². The second-order valence-corrected chi connectivity index (χ2v) is 12.3. The largest absolute Gasteiger partial charge is 0.393 e. The second-order valence-electron chi connectivity index (χ2n) is 12.3. The SMILES string of the molecule is C/C1=C2\C[C@H]3[C@@H](CC=C4C[C@@H](O)CC[C@@]43C)[C@@H]2CC[C@H](C)[C@H]2[C@@H](C[C@H](C)CN2C)OC1. The molecule has 5 rings (SSSR count). The van der Waals surface area contributed by atoms with Crippen molar-refractivity contribution in [1.82, 2.24) is 4.90 Å². The summed E-state index contributed by atoms with van der Waals surface area (Å²) >= 11 is 0. The van der Waals surface area contributed by atoms with Gasteiger partial charge >= 0.3 is 0 Å². The summed E-state index contributed by atoms with van der Waals surface area (Å²) in [6, 6.07) is 0.568. The van der Waals surface area contributed by atoms with Gasteiger partial charge in [-0.1, -0.05) is 38.0 Å². The first kappa shape index (κ1) is 22.2. The van der Waals surface area contributed by atoms with E-state index in [-0.39, 0.29) is 6.10 Å². The van der Waals surface area contributed by atoms with E-state index in [2.05, 4.69) is 45.7 Å². The highest BCUT2D eigenvalue weighted by Gasteiger charge is 2.53. The maximum Gasteiger partial charge on any atom is 0.0740 e. The summed E-state index contributed by atoms with van der Waals surface area (Å²) in [5.74, 6) is 3.71. The summed E-state index contributed by atoms with van der Waals surface area (Å²) in [6.07, 6.45) is 12.3. The molecule has 9 atom stereocenters. The lowest BCUT2D eigenvalue weighted by atomic mass is 9.56. The minimum Gasteiger partial charge on any atom is -0.393 e. The molecule has 3 nitrogen and oxygen atoms in total. The van der Waals surface area contributed by atoms with Crippen molar-refractivity contribution in [2.45, 2.75) is 97.3 Å². The molecule has 174 valence electrons. The van der Waals surface area contributed by atoms with E-state index in [4.69, 9.17) is 4.74 Å². The number of likely N-dealkylation sites (N-methyl/N-ethyl adjacent to an activating group) is 1. The van der Waals surface area contributed by atoms with Crippen LogP contribution in [0.5, 0.6) is 0 Å². The fraction of sp³-hybridized carbons (Fsp3) is 0.857. The van der Waals surface area contributed by atoms with Gasteiger partial charge in [0.15, 0.2) is 0 Å². The molecule has 0 bridgehead atoms. The number of hydrogen-bond acceptors (Lipinski definition) is 3. The molecule has 0 spiro atoms. The molecular formula is C28H45NO2. The van der Waals surface area contributed by atoms with E-state index in [0.717, 1.165) is 43.1 Å². The second kappa shape index (κ2) is 8.29. The van der Waals surface area contributed by atoms with Crippen LogP contribution in [0.4, 0.5) is 0 Å². The third-order valence-corrected chi connectivity index (χ3v) is 10.3. The number of hydrogen-bond donors (Lipinski definition) is 1. The van der Waals surface area contributed by atoms with Crippen LogP contribution in [0.2, 0.25) is 0 Å². The van der Waals surface area contributed by atoms with Crippen LogP contribution in [0, 0.1) is 35.0 Å². The van der Waals surface area contributed by atoms with Crippen molar-refractivity contribution in [2.75, 3.05) is 20.2 Å². The van der Waals surface area contributed by atoms with E-state index in [1.54, 1.807) is 11.1 Å². The van der Waals surface area contributed by atoms with Crippen molar-refractivity contribution in [3.8, 4) is 0 Å². The lowest BCUT2D eigenvalue weighted by Gasteiger charge is -2.49. The van der Waals surface area contributed by atoms with Gasteiger partial charge in [0.05, 0.1) is 18.8 Å². The van der Waals surface area contributed by atoms with E-state index in [1.165, 1.54) is 50.6 Å². The Labute approximate surface area is 190 Å². The highest BCUT2D eigenvalue weighted by Crippen LogP contribution is 2.62. The first-order valence-corrected chi connectivity index (χ1v) is 13.2. The van der Waals surface area contributed by atoms with E-state index in [0.29, 0.717) is 23.5 Å². The minimum atomic E-state index is -0.115. The highest BCUT2D eigenvalue weighted by molar-refractivity contribution is 5.32. The molecule has 0 aromatic carbocycles. The summed E-state index contributed by atoms with van der Waals surface area (Å²) in [5, 5.41) is 10.3. The number of ether oxygens (including phenoxy) is 1. The summed E-state index contributed by atoms with van der Waals surface area (Å²) in [6.45, 7) is 11.8. The molecule has 0 radical (unpaired) electrons. The fourth-order valence-electron chi connectivity index (χ4n) is 8.63. The van der Waals surface area contributed by atoms with Crippen LogP contribution < -0.4 is 0 Å². The lowest BCUT2D eigenvalue weighted by molar-refractivity contribution is -0.0631. The van der Waals surface area contributed by atoms with Crippen molar-refractivity contribution in [3.63, 3.8) is 0 Å². The number of aliphatic hydroxyl groups excluding tert-OH is 1. The van der Waals surface area contributed by atoms with Crippen LogP contribution in [-0.4, -0.2) is 48.5 Å². The number of rotatable bonds is 0. The Bertz CT molecular complexity index is 756. The van der Waals surface area contributed by atoms with Gasteiger partial charge in [-0.3, -0.25) is 0 Å². The molecule has 0 amide bonds. The molecule has 0 aromatic heterocycles. The Hall–Kier alpha value is -0.640. The van der Waals surface area contributed by atoms with Gasteiger partial charge < -0.3 is 14.7 Å². The molecule has 5 aliphatic rings. The maximum atomic E-state index is 10.3. The third kappa shape index (κ3) is 3.77. The average molecular weight is 428 g/mol. The normalized spacial score (nSPS) is 51.2. The Kier molecular flexibility index (Phi) is 5.93. The Morgan fingerprint density at radius 2 is 1.97 bits per heavy atom. The third-order valence-electron chi connectivity index (χ3n) is 10.3. The van der Waals surface area contributed by atoms with Crippen LogP contribution in [0.15, 0.2) is 22.8 Å². The number of allylic oxidation sites excluding steroid dienone is 2. The Morgan fingerprint density at radius 1 is 1.16 bits per heavy atom. The molecule has 1 saturated heterocycles. The van der Waals surface area contributed by atoms with Gasteiger partial charge in [-0.15, -0.1) is 0 Å². The van der Waals surface area contributed by atoms with Gasteiger partial charge in [0, 0.05) is 12.6 Å². The first-order chi connectivity index (χ1) is 14.8. The zero-order valence-electron chi connectivity index (χ0n) is 20.6. The van der Waals surface area contributed by atoms with E-state index in [1.807, 2.05) is 0 Å². The van der Waals surface area contributed by atoms with Crippen LogP contribution in [0.1, 0.15) is 79.1 Å². The van der Waals surface area contributed by atoms with Crippen molar-refractivity contribution < 1.29 is 9.84 Å². The number of piperidine rings is 1. The zero-order chi connectivity index (χ0) is 21.9. The van der Waals surface area contributed by atoms with Crippen molar-refractivity contribution in [2.24, 2.45) is 35.0 Å². The highest BCUT2D eigenvalue weighted by atomic mass is 16.5. The molecule has 3 heteroatoms. The smallest absolute Gasteiger partial charge is 0.0740 e. The molecule has 1 N–H and O–H groups in total. The predicted octanol–water partition coefficient (Wildman–Crippen LogP) is 5.59. The molecule has 2 saturated carbocycles. The Balaban J connectivity index is 1.44. The fourth-order valence-corrected chi connectivity index (χ4v) is 8.63. The molecular weight excluding hydrogens is 382 g/mol. The lowest BCUT2D eigenvalue weighted by Crippen LogP contribution is -2.53. The van der Waals surface area contributed by atoms with Gasteiger partial charge in [-0.25, -0.2) is 0 Å². The van der Waals surface area contributed by atoms with Crippen molar-refractivity contribution >= 4 is 0 Å². The summed E-state index contributed by atoms with van der Waals surface area (Å²) < 4.78 is 6.71. The van der Waals surface area contributed by atoms with Crippen molar-refractivity contribution in [1.29, 1.82) is 0 Å².